The van der Waals surface area contributed by atoms with Gasteiger partial charge in [0.25, 0.3) is 5.91 Å². The minimum absolute atomic E-state index is 0.0977. The molecule has 226 valence electrons. The fourth-order valence-electron chi connectivity index (χ4n) is 6.37. The molecule has 2 aliphatic heterocycles. The predicted molar refractivity (Wildman–Crippen MR) is 160 cm³/mol. The smallest absolute Gasteiger partial charge is 0.271 e. The van der Waals surface area contributed by atoms with E-state index in [1.54, 1.807) is 45.5 Å². The number of nitrogens with one attached hydrogen (secondary N) is 1. The molecule has 1 fully saturated rings. The molecule has 1 saturated heterocycles. The van der Waals surface area contributed by atoms with Crippen LogP contribution in [-0.2, 0) is 16.0 Å². The van der Waals surface area contributed by atoms with Crippen molar-refractivity contribution in [2.45, 2.75) is 32.4 Å². The zero-order valence-electron chi connectivity index (χ0n) is 25.6. The number of fused-ring (bicyclic) bond motifs is 2. The molecule has 10 heteroatoms. The van der Waals surface area contributed by atoms with Crippen LogP contribution < -0.4 is 33.7 Å². The third-order valence-electron chi connectivity index (χ3n) is 8.15. The molecule has 2 amide bonds. The molecule has 1 N–H and O–H groups in total. The summed E-state index contributed by atoms with van der Waals surface area (Å²) in [5.74, 6) is 2.39. The lowest BCUT2D eigenvalue weighted by Gasteiger charge is -2.46. The average molecular weight is 589 g/mol. The first-order valence-electron chi connectivity index (χ1n) is 13.8. The van der Waals surface area contributed by atoms with Gasteiger partial charge >= 0.3 is 0 Å². The minimum Gasteiger partial charge on any atom is -0.496 e. The molecule has 2 aliphatic rings. The van der Waals surface area contributed by atoms with E-state index in [4.69, 9.17) is 28.4 Å². The Bertz CT molecular complexity index is 1620. The Kier molecular flexibility index (Phi) is 8.12. The number of methoxy groups -OCH3 is 6. The highest BCUT2D eigenvalue weighted by atomic mass is 16.5. The van der Waals surface area contributed by atoms with Gasteiger partial charge in [0.2, 0.25) is 5.91 Å². The van der Waals surface area contributed by atoms with Gasteiger partial charge in [0.15, 0.2) is 23.0 Å². The van der Waals surface area contributed by atoms with Crippen LogP contribution in [0, 0.1) is 13.8 Å². The van der Waals surface area contributed by atoms with Gasteiger partial charge in [-0.2, -0.15) is 0 Å². The molecule has 2 atom stereocenters. The SMILES string of the molecule is COc1cc(/C=C2/NC(=O)[C@@H]3Cc4c(OC)c(C)c(OC)c(OC)c4[C@@H](c4ccccc4)N3C2=O)c(OC)c(C)c1OC. The summed E-state index contributed by atoms with van der Waals surface area (Å²) in [4.78, 5) is 30.0. The Morgan fingerprint density at radius 3 is 1.95 bits per heavy atom. The van der Waals surface area contributed by atoms with Crippen molar-refractivity contribution in [3.8, 4) is 34.5 Å². The summed E-state index contributed by atoms with van der Waals surface area (Å²) in [6, 6.07) is 9.79. The predicted octanol–water partition coefficient (Wildman–Crippen LogP) is 4.37. The number of amides is 2. The third kappa shape index (κ3) is 4.67. The van der Waals surface area contributed by atoms with Crippen molar-refractivity contribution in [2.75, 3.05) is 42.7 Å². The maximum Gasteiger partial charge on any atom is 0.271 e. The van der Waals surface area contributed by atoms with E-state index in [-0.39, 0.29) is 23.9 Å². The molecule has 10 nitrogen and oxygen atoms in total. The van der Waals surface area contributed by atoms with E-state index in [1.807, 2.05) is 44.2 Å². The van der Waals surface area contributed by atoms with Gasteiger partial charge in [-0.25, -0.2) is 0 Å². The summed E-state index contributed by atoms with van der Waals surface area (Å²) in [5, 5.41) is 2.86. The van der Waals surface area contributed by atoms with Crippen LogP contribution in [0.5, 0.6) is 34.5 Å². The molecule has 3 aromatic carbocycles. The number of hydrogen-bond donors (Lipinski definition) is 1. The number of carbonyl (C=O) groups excluding carboxylic acids is 2. The number of nitrogens with zero attached hydrogens (tertiary/aromatic N) is 1. The number of ether oxygens (including phenoxy) is 6. The highest BCUT2D eigenvalue weighted by molar-refractivity contribution is 6.08. The average Bonchev–Trinajstić information content (AvgIpc) is 3.02. The molecule has 0 aromatic heterocycles. The first-order valence-corrected chi connectivity index (χ1v) is 13.8. The van der Waals surface area contributed by atoms with E-state index in [9.17, 15) is 9.59 Å². The normalized spacial score (nSPS) is 18.4. The molecular formula is C33H36N2O8. The van der Waals surface area contributed by atoms with E-state index in [0.717, 1.165) is 16.7 Å². The zero-order valence-corrected chi connectivity index (χ0v) is 25.6. The first kappa shape index (κ1) is 29.6. The van der Waals surface area contributed by atoms with Crippen LogP contribution in [0.15, 0.2) is 42.1 Å². The second kappa shape index (κ2) is 11.8. The Labute approximate surface area is 251 Å². The van der Waals surface area contributed by atoms with Crippen LogP contribution in [0.2, 0.25) is 0 Å². The van der Waals surface area contributed by atoms with Gasteiger partial charge in [-0.1, -0.05) is 30.3 Å². The Morgan fingerprint density at radius 1 is 0.767 bits per heavy atom. The van der Waals surface area contributed by atoms with Gasteiger partial charge in [0.1, 0.15) is 23.2 Å². The lowest BCUT2D eigenvalue weighted by molar-refractivity contribution is -0.144. The summed E-state index contributed by atoms with van der Waals surface area (Å²) in [5.41, 5.74) is 4.40. The van der Waals surface area contributed by atoms with Crippen LogP contribution in [0.3, 0.4) is 0 Å². The van der Waals surface area contributed by atoms with Gasteiger partial charge in [-0.3, -0.25) is 9.59 Å². The van der Waals surface area contributed by atoms with E-state index < -0.39 is 12.1 Å². The number of piperazine rings is 1. The molecule has 0 bridgehead atoms. The van der Waals surface area contributed by atoms with Crippen LogP contribution in [-0.4, -0.2) is 65.4 Å². The maximum absolute atomic E-state index is 14.5. The van der Waals surface area contributed by atoms with Gasteiger partial charge in [-0.15, -0.1) is 0 Å². The summed E-state index contributed by atoms with van der Waals surface area (Å²) >= 11 is 0. The lowest BCUT2D eigenvalue weighted by Crippen LogP contribution is -2.60. The fraction of sp³-hybridized carbons (Fsp3) is 0.333. The highest BCUT2D eigenvalue weighted by Crippen LogP contribution is 2.53. The second-order valence-electron chi connectivity index (χ2n) is 10.3. The summed E-state index contributed by atoms with van der Waals surface area (Å²) in [6.45, 7) is 3.72. The molecule has 43 heavy (non-hydrogen) atoms. The molecule has 0 radical (unpaired) electrons. The third-order valence-corrected chi connectivity index (χ3v) is 8.15. The number of hydrogen-bond acceptors (Lipinski definition) is 8. The van der Waals surface area contributed by atoms with Crippen molar-refractivity contribution in [3.63, 3.8) is 0 Å². The molecule has 5 rings (SSSR count). The topological polar surface area (TPSA) is 105 Å². The first-order chi connectivity index (χ1) is 20.8. The van der Waals surface area contributed by atoms with Crippen molar-refractivity contribution in [2.24, 2.45) is 0 Å². The molecule has 3 aromatic rings. The quantitative estimate of drug-likeness (QED) is 0.387. The standard InChI is InChI=1S/C33H36N2O8/c1-17-27(39-4)20(15-24(38-3)29(17)41-6)14-22-33(37)35-23(32(36)34-22)16-21-25(26(35)19-12-10-9-11-13-19)31(43-8)30(42-7)18(2)28(21)40-5/h9-15,23,26H,16H2,1-8H3,(H,34,36)/b22-14+/t23-,26+/m0/s1. The summed E-state index contributed by atoms with van der Waals surface area (Å²) in [6.07, 6.45) is 1.84. The van der Waals surface area contributed by atoms with E-state index in [2.05, 4.69) is 5.32 Å². The summed E-state index contributed by atoms with van der Waals surface area (Å²) < 4.78 is 34.4. The molecule has 0 unspecified atom stereocenters. The molecule has 0 saturated carbocycles. The van der Waals surface area contributed by atoms with Crippen molar-refractivity contribution in [3.05, 3.63) is 75.5 Å². The maximum atomic E-state index is 14.5. The number of benzene rings is 3. The van der Waals surface area contributed by atoms with Crippen molar-refractivity contribution >= 4 is 17.9 Å². The number of rotatable bonds is 8. The largest absolute Gasteiger partial charge is 0.496 e. The van der Waals surface area contributed by atoms with Gasteiger partial charge in [0, 0.05) is 34.2 Å². The monoisotopic (exact) mass is 588 g/mol. The van der Waals surface area contributed by atoms with Crippen molar-refractivity contribution < 1.29 is 38.0 Å². The molecular weight excluding hydrogens is 552 g/mol. The Hall–Kier alpha value is -4.86. The highest BCUT2D eigenvalue weighted by Gasteiger charge is 2.49. The van der Waals surface area contributed by atoms with Gasteiger partial charge in [-0.05, 0) is 31.6 Å². The zero-order chi connectivity index (χ0) is 31.0. The fourth-order valence-corrected chi connectivity index (χ4v) is 6.37. The number of carbonyl (C=O) groups is 2. The van der Waals surface area contributed by atoms with E-state index >= 15 is 0 Å². The van der Waals surface area contributed by atoms with Gasteiger partial charge < -0.3 is 38.6 Å². The molecule has 2 heterocycles. The van der Waals surface area contributed by atoms with E-state index in [1.165, 1.54) is 14.2 Å². The summed E-state index contributed by atoms with van der Waals surface area (Å²) in [7, 11) is 9.34. The lowest BCUT2D eigenvalue weighted by atomic mass is 9.80. The van der Waals surface area contributed by atoms with Crippen molar-refractivity contribution in [1.82, 2.24) is 10.2 Å². The molecule has 0 spiro atoms. The second-order valence-corrected chi connectivity index (χ2v) is 10.3. The van der Waals surface area contributed by atoms with Crippen LogP contribution in [0.25, 0.3) is 6.08 Å². The van der Waals surface area contributed by atoms with E-state index in [0.29, 0.717) is 51.2 Å². The Balaban J connectivity index is 1.75. The Morgan fingerprint density at radius 2 is 1.37 bits per heavy atom. The van der Waals surface area contributed by atoms with Crippen LogP contribution >= 0.6 is 0 Å². The minimum atomic E-state index is -0.803. The molecule has 0 aliphatic carbocycles. The van der Waals surface area contributed by atoms with Crippen LogP contribution in [0.1, 0.15) is 39.4 Å². The van der Waals surface area contributed by atoms with Crippen molar-refractivity contribution in [1.29, 1.82) is 0 Å². The van der Waals surface area contributed by atoms with Gasteiger partial charge in [0.05, 0.1) is 48.7 Å². The van der Waals surface area contributed by atoms with Crippen LogP contribution in [0.4, 0.5) is 0 Å².